The number of rotatable bonds is 3. The Labute approximate surface area is 81.9 Å². The zero-order valence-corrected chi connectivity index (χ0v) is 8.57. The molecule has 76 valence electrons. The number of alkyl halides is 1. The minimum atomic E-state index is -1.52. The predicted molar refractivity (Wildman–Crippen MR) is 51.8 cm³/mol. The van der Waals surface area contributed by atoms with Crippen LogP contribution in [0.25, 0.3) is 0 Å². The minimum absolute atomic E-state index is 0.0650. The van der Waals surface area contributed by atoms with Gasteiger partial charge >= 0.3 is 5.97 Å². The molecule has 4 heteroatoms. The standard InChI is InChI=1S/C9H15FO2S/c1-9(10,6-8(11)12)7-2-4-13-5-3-7/h7H,2-6H2,1H3,(H,11,12). The summed E-state index contributed by atoms with van der Waals surface area (Å²) in [5.41, 5.74) is -1.52. The van der Waals surface area contributed by atoms with Crippen molar-refractivity contribution in [2.75, 3.05) is 11.5 Å². The van der Waals surface area contributed by atoms with E-state index in [9.17, 15) is 9.18 Å². The van der Waals surface area contributed by atoms with Crippen LogP contribution in [0.4, 0.5) is 4.39 Å². The largest absolute Gasteiger partial charge is 0.481 e. The third-order valence-electron chi connectivity index (χ3n) is 2.57. The highest BCUT2D eigenvalue weighted by atomic mass is 32.2. The van der Waals surface area contributed by atoms with Gasteiger partial charge in [-0.25, -0.2) is 4.39 Å². The van der Waals surface area contributed by atoms with Crippen LogP contribution in [0.15, 0.2) is 0 Å². The maximum atomic E-state index is 13.8. The lowest BCUT2D eigenvalue weighted by Crippen LogP contribution is -2.34. The van der Waals surface area contributed by atoms with Gasteiger partial charge in [0, 0.05) is 0 Å². The topological polar surface area (TPSA) is 37.3 Å². The maximum absolute atomic E-state index is 13.8. The van der Waals surface area contributed by atoms with Crippen molar-refractivity contribution in [3.63, 3.8) is 0 Å². The van der Waals surface area contributed by atoms with Gasteiger partial charge in [0.05, 0.1) is 6.42 Å². The molecule has 0 spiro atoms. The zero-order valence-electron chi connectivity index (χ0n) is 7.75. The normalized spacial score (nSPS) is 23.8. The summed E-state index contributed by atoms with van der Waals surface area (Å²) in [6, 6.07) is 0. The van der Waals surface area contributed by atoms with E-state index in [1.54, 1.807) is 0 Å². The van der Waals surface area contributed by atoms with Crippen LogP contribution >= 0.6 is 11.8 Å². The lowest BCUT2D eigenvalue weighted by Gasteiger charge is -2.31. The zero-order chi connectivity index (χ0) is 9.90. The molecule has 0 aromatic rings. The predicted octanol–water partition coefficient (Wildman–Crippen LogP) is 2.33. The molecule has 1 atom stereocenters. The first kappa shape index (κ1) is 10.8. The van der Waals surface area contributed by atoms with E-state index < -0.39 is 11.6 Å². The van der Waals surface area contributed by atoms with Crippen LogP contribution in [0.5, 0.6) is 0 Å². The summed E-state index contributed by atoms with van der Waals surface area (Å²) in [6.45, 7) is 1.42. The van der Waals surface area contributed by atoms with Gasteiger partial charge < -0.3 is 5.11 Å². The van der Waals surface area contributed by atoms with Crippen molar-refractivity contribution in [3.8, 4) is 0 Å². The number of aliphatic carboxylic acids is 1. The Morgan fingerprint density at radius 3 is 2.62 bits per heavy atom. The molecule has 1 N–H and O–H groups in total. The summed E-state index contributed by atoms with van der Waals surface area (Å²) < 4.78 is 13.8. The van der Waals surface area contributed by atoms with Gasteiger partial charge in [-0.2, -0.15) is 11.8 Å². The number of halogens is 1. The first-order valence-corrected chi connectivity index (χ1v) is 5.66. The maximum Gasteiger partial charge on any atom is 0.306 e. The van der Waals surface area contributed by atoms with E-state index >= 15 is 0 Å². The lowest BCUT2D eigenvalue weighted by molar-refractivity contribution is -0.141. The van der Waals surface area contributed by atoms with Gasteiger partial charge in [0.25, 0.3) is 0 Å². The number of carboxylic acid groups (broad SMARTS) is 1. The van der Waals surface area contributed by atoms with E-state index in [1.807, 2.05) is 11.8 Å². The van der Waals surface area contributed by atoms with Crippen LogP contribution in [-0.2, 0) is 4.79 Å². The Kier molecular flexibility index (Phi) is 3.59. The van der Waals surface area contributed by atoms with Gasteiger partial charge in [-0.3, -0.25) is 4.79 Å². The summed E-state index contributed by atoms with van der Waals surface area (Å²) in [5, 5.41) is 8.53. The van der Waals surface area contributed by atoms with E-state index in [0.717, 1.165) is 24.3 Å². The number of hydrogen-bond acceptors (Lipinski definition) is 2. The molecular formula is C9H15FO2S. The second-order valence-corrected chi connectivity index (χ2v) is 4.96. The van der Waals surface area contributed by atoms with Crippen molar-refractivity contribution in [1.82, 2.24) is 0 Å². The SMILES string of the molecule is CC(F)(CC(=O)O)C1CCSCC1. The number of carboxylic acids is 1. The highest BCUT2D eigenvalue weighted by Gasteiger charge is 2.36. The second-order valence-electron chi connectivity index (χ2n) is 3.74. The molecule has 0 radical (unpaired) electrons. The van der Waals surface area contributed by atoms with Crippen molar-refractivity contribution < 1.29 is 14.3 Å². The summed E-state index contributed by atoms with van der Waals surface area (Å²) in [4.78, 5) is 10.4. The molecule has 1 saturated heterocycles. The molecule has 13 heavy (non-hydrogen) atoms. The molecule has 0 saturated carbocycles. The molecule has 0 amide bonds. The van der Waals surface area contributed by atoms with Gasteiger partial charge in [0.2, 0.25) is 0 Å². The van der Waals surface area contributed by atoms with Gasteiger partial charge in [-0.1, -0.05) is 0 Å². The molecule has 1 aliphatic rings. The van der Waals surface area contributed by atoms with Gasteiger partial charge in [-0.05, 0) is 37.2 Å². The highest BCUT2D eigenvalue weighted by Crippen LogP contribution is 2.36. The van der Waals surface area contributed by atoms with Gasteiger partial charge in [-0.15, -0.1) is 0 Å². The van der Waals surface area contributed by atoms with Crippen molar-refractivity contribution in [3.05, 3.63) is 0 Å². The van der Waals surface area contributed by atoms with E-state index in [4.69, 9.17) is 5.11 Å². The summed E-state index contributed by atoms with van der Waals surface area (Å²) in [6.07, 6.45) is 1.26. The van der Waals surface area contributed by atoms with Crippen molar-refractivity contribution in [1.29, 1.82) is 0 Å². The van der Waals surface area contributed by atoms with Crippen molar-refractivity contribution >= 4 is 17.7 Å². The van der Waals surface area contributed by atoms with Crippen LogP contribution in [0.3, 0.4) is 0 Å². The van der Waals surface area contributed by atoms with Crippen LogP contribution in [0, 0.1) is 5.92 Å². The Morgan fingerprint density at radius 2 is 2.15 bits per heavy atom. The smallest absolute Gasteiger partial charge is 0.306 e. The van der Waals surface area contributed by atoms with Crippen molar-refractivity contribution in [2.24, 2.45) is 5.92 Å². The number of thioether (sulfide) groups is 1. The molecular weight excluding hydrogens is 191 g/mol. The van der Waals surface area contributed by atoms with Crippen LogP contribution < -0.4 is 0 Å². The van der Waals surface area contributed by atoms with E-state index in [0.29, 0.717) is 0 Å². The fraction of sp³-hybridized carbons (Fsp3) is 0.889. The highest BCUT2D eigenvalue weighted by molar-refractivity contribution is 7.99. The Balaban J connectivity index is 2.50. The monoisotopic (exact) mass is 206 g/mol. The van der Waals surface area contributed by atoms with E-state index in [2.05, 4.69) is 0 Å². The number of carbonyl (C=O) groups is 1. The van der Waals surface area contributed by atoms with Crippen molar-refractivity contribution in [2.45, 2.75) is 31.9 Å². The molecule has 1 fully saturated rings. The molecule has 1 unspecified atom stereocenters. The molecule has 0 bridgehead atoms. The molecule has 0 aromatic carbocycles. The fourth-order valence-electron chi connectivity index (χ4n) is 1.74. The molecule has 2 nitrogen and oxygen atoms in total. The first-order valence-electron chi connectivity index (χ1n) is 4.51. The quantitative estimate of drug-likeness (QED) is 0.770. The molecule has 1 rings (SSSR count). The third-order valence-corrected chi connectivity index (χ3v) is 3.62. The fourth-order valence-corrected chi connectivity index (χ4v) is 2.85. The average molecular weight is 206 g/mol. The summed E-state index contributed by atoms with van der Waals surface area (Å²) in [7, 11) is 0. The Hall–Kier alpha value is -0.250. The molecule has 1 aliphatic heterocycles. The Morgan fingerprint density at radius 1 is 1.62 bits per heavy atom. The Bertz CT molecular complexity index is 188. The molecule has 1 heterocycles. The second kappa shape index (κ2) is 4.31. The van der Waals surface area contributed by atoms with Crippen LogP contribution in [0.2, 0.25) is 0 Å². The van der Waals surface area contributed by atoms with E-state index in [1.165, 1.54) is 6.92 Å². The van der Waals surface area contributed by atoms with E-state index in [-0.39, 0.29) is 12.3 Å². The summed E-state index contributed by atoms with van der Waals surface area (Å²) >= 11 is 1.82. The molecule has 0 aromatic heterocycles. The summed E-state index contributed by atoms with van der Waals surface area (Å²) in [5.74, 6) is 0.821. The van der Waals surface area contributed by atoms with Gasteiger partial charge in [0.1, 0.15) is 5.67 Å². The third kappa shape index (κ3) is 3.18. The number of hydrogen-bond donors (Lipinski definition) is 1. The first-order chi connectivity index (χ1) is 6.02. The average Bonchev–Trinajstić information content (AvgIpc) is 2.04. The molecule has 0 aliphatic carbocycles. The minimum Gasteiger partial charge on any atom is -0.481 e. The van der Waals surface area contributed by atoms with Crippen LogP contribution in [-0.4, -0.2) is 28.3 Å². The lowest BCUT2D eigenvalue weighted by atomic mass is 9.84. The van der Waals surface area contributed by atoms with Crippen LogP contribution in [0.1, 0.15) is 26.2 Å². The van der Waals surface area contributed by atoms with Gasteiger partial charge in [0.15, 0.2) is 0 Å².